The van der Waals surface area contributed by atoms with Crippen molar-refractivity contribution in [1.29, 1.82) is 0 Å². The Bertz CT molecular complexity index is 1600. The third kappa shape index (κ3) is 7.82. The lowest BCUT2D eigenvalue weighted by molar-refractivity contribution is 0.0734. The van der Waals surface area contributed by atoms with Crippen LogP contribution in [0.15, 0.2) is 96.1 Å². The number of anilines is 1. The van der Waals surface area contributed by atoms with Gasteiger partial charge in [0.05, 0.1) is 25.0 Å². The summed E-state index contributed by atoms with van der Waals surface area (Å²) in [6.45, 7) is 6.55. The number of ether oxygens (including phenoxy) is 3. The summed E-state index contributed by atoms with van der Waals surface area (Å²) in [6.07, 6.45) is 1.39. The van der Waals surface area contributed by atoms with Gasteiger partial charge in [0.1, 0.15) is 5.75 Å². The van der Waals surface area contributed by atoms with Crippen molar-refractivity contribution >= 4 is 29.7 Å². The van der Waals surface area contributed by atoms with Gasteiger partial charge in [-0.25, -0.2) is 10.2 Å². The van der Waals surface area contributed by atoms with E-state index in [2.05, 4.69) is 15.8 Å². The fourth-order valence-corrected chi connectivity index (χ4v) is 3.89. The highest BCUT2D eigenvalue weighted by atomic mass is 16.5. The van der Waals surface area contributed by atoms with Gasteiger partial charge in [-0.3, -0.25) is 9.59 Å². The Morgan fingerprint density at radius 3 is 2.17 bits per heavy atom. The molecule has 9 heteroatoms. The van der Waals surface area contributed by atoms with Crippen LogP contribution in [0.5, 0.6) is 17.2 Å². The second-order valence-corrected chi connectivity index (χ2v) is 9.05. The summed E-state index contributed by atoms with van der Waals surface area (Å²) in [7, 11) is 0. The predicted molar refractivity (Wildman–Crippen MR) is 161 cm³/mol. The summed E-state index contributed by atoms with van der Waals surface area (Å²) in [5, 5.41) is 6.83. The number of nitrogens with zero attached hydrogens (tertiary/aromatic N) is 1. The highest BCUT2D eigenvalue weighted by molar-refractivity contribution is 6.05. The van der Waals surface area contributed by atoms with E-state index in [1.165, 1.54) is 12.3 Å². The first-order chi connectivity index (χ1) is 20.4. The van der Waals surface area contributed by atoms with Gasteiger partial charge in [-0.05, 0) is 81.4 Å². The normalized spacial score (nSPS) is 10.6. The van der Waals surface area contributed by atoms with Gasteiger partial charge < -0.3 is 19.5 Å². The van der Waals surface area contributed by atoms with Crippen LogP contribution in [-0.2, 0) is 0 Å². The van der Waals surface area contributed by atoms with Gasteiger partial charge in [0.2, 0.25) is 0 Å². The zero-order chi connectivity index (χ0) is 29.9. The molecule has 4 rings (SSSR count). The minimum atomic E-state index is -0.502. The molecule has 0 heterocycles. The number of nitrogens with one attached hydrogen (secondary N) is 2. The SMILES string of the molecule is CCOc1ccc(C(=O)Nc2cccc(C(=O)NN=Cc3ccccc3OC(=O)c3ccc(C)cc3)c2)cc1OCC. The van der Waals surface area contributed by atoms with Gasteiger partial charge in [0.25, 0.3) is 11.8 Å². The van der Waals surface area contributed by atoms with Crippen LogP contribution in [0.25, 0.3) is 0 Å². The first-order valence-electron chi connectivity index (χ1n) is 13.4. The van der Waals surface area contributed by atoms with Crippen LogP contribution in [0.1, 0.15) is 56.0 Å². The minimum Gasteiger partial charge on any atom is -0.490 e. The van der Waals surface area contributed by atoms with E-state index in [0.29, 0.717) is 52.8 Å². The van der Waals surface area contributed by atoms with Gasteiger partial charge in [0.15, 0.2) is 11.5 Å². The van der Waals surface area contributed by atoms with Gasteiger partial charge >= 0.3 is 5.97 Å². The Hall–Kier alpha value is -5.44. The van der Waals surface area contributed by atoms with Crippen LogP contribution in [0.3, 0.4) is 0 Å². The molecule has 0 spiro atoms. The van der Waals surface area contributed by atoms with Crippen LogP contribution in [0, 0.1) is 6.92 Å². The van der Waals surface area contributed by atoms with E-state index >= 15 is 0 Å². The molecule has 2 amide bonds. The molecular weight excluding hydrogens is 534 g/mol. The highest BCUT2D eigenvalue weighted by Crippen LogP contribution is 2.29. The number of aryl methyl sites for hydroxylation is 1. The van der Waals surface area contributed by atoms with Crippen molar-refractivity contribution in [3.05, 3.63) is 119 Å². The standard InChI is InChI=1S/C33H31N3O6/c1-4-40-29-18-17-25(20-30(29)41-5-2)31(37)35-27-11-8-10-24(19-27)32(38)36-34-21-26-9-6-7-12-28(26)42-33(39)23-15-13-22(3)14-16-23/h6-21H,4-5H2,1-3H3,(H,35,37)(H,36,38). The lowest BCUT2D eigenvalue weighted by Crippen LogP contribution is -2.18. The first-order valence-corrected chi connectivity index (χ1v) is 13.4. The molecule has 2 N–H and O–H groups in total. The van der Waals surface area contributed by atoms with Crippen molar-refractivity contribution < 1.29 is 28.6 Å². The largest absolute Gasteiger partial charge is 0.490 e. The van der Waals surface area contributed by atoms with Gasteiger partial charge in [-0.2, -0.15) is 5.10 Å². The Balaban J connectivity index is 1.40. The summed E-state index contributed by atoms with van der Waals surface area (Å²) in [5.41, 5.74) is 5.51. The Morgan fingerprint density at radius 1 is 0.714 bits per heavy atom. The van der Waals surface area contributed by atoms with Gasteiger partial charge in [0, 0.05) is 22.4 Å². The van der Waals surface area contributed by atoms with Crippen LogP contribution in [0.2, 0.25) is 0 Å². The van der Waals surface area contributed by atoms with Crippen LogP contribution >= 0.6 is 0 Å². The molecule has 0 unspecified atom stereocenters. The van der Waals surface area contributed by atoms with E-state index in [9.17, 15) is 14.4 Å². The average Bonchev–Trinajstić information content (AvgIpc) is 2.99. The third-order valence-electron chi connectivity index (χ3n) is 5.97. The second kappa shape index (κ2) is 14.3. The topological polar surface area (TPSA) is 115 Å². The number of carbonyl (C=O) groups excluding carboxylic acids is 3. The van der Waals surface area contributed by atoms with Crippen molar-refractivity contribution in [2.24, 2.45) is 5.10 Å². The van der Waals surface area contributed by atoms with E-state index in [4.69, 9.17) is 14.2 Å². The summed E-state index contributed by atoms with van der Waals surface area (Å²) in [5.74, 6) is -0.0279. The summed E-state index contributed by atoms with van der Waals surface area (Å²) in [4.78, 5) is 38.2. The summed E-state index contributed by atoms with van der Waals surface area (Å²) < 4.78 is 16.7. The van der Waals surface area contributed by atoms with Crippen LogP contribution in [0.4, 0.5) is 5.69 Å². The van der Waals surface area contributed by atoms with Crippen molar-refractivity contribution in [2.45, 2.75) is 20.8 Å². The Kier molecular flexibility index (Phi) is 10.0. The zero-order valence-corrected chi connectivity index (χ0v) is 23.5. The van der Waals surface area contributed by atoms with Crippen molar-refractivity contribution in [2.75, 3.05) is 18.5 Å². The lowest BCUT2D eigenvalue weighted by atomic mass is 10.1. The lowest BCUT2D eigenvalue weighted by Gasteiger charge is -2.12. The zero-order valence-electron chi connectivity index (χ0n) is 23.5. The van der Waals surface area contributed by atoms with Crippen molar-refractivity contribution in [3.63, 3.8) is 0 Å². The smallest absolute Gasteiger partial charge is 0.343 e. The number of hydrogen-bond donors (Lipinski definition) is 2. The fourth-order valence-electron chi connectivity index (χ4n) is 3.89. The van der Waals surface area contributed by atoms with E-state index < -0.39 is 11.9 Å². The fraction of sp³-hybridized carbons (Fsp3) is 0.152. The molecule has 0 saturated heterocycles. The monoisotopic (exact) mass is 565 g/mol. The van der Waals surface area contributed by atoms with E-state index in [-0.39, 0.29) is 11.5 Å². The molecule has 0 fully saturated rings. The molecule has 4 aromatic rings. The molecule has 0 aromatic heterocycles. The average molecular weight is 566 g/mol. The maximum atomic E-state index is 12.9. The number of amides is 2. The number of para-hydroxylation sites is 1. The molecule has 0 bridgehead atoms. The van der Waals surface area contributed by atoms with Crippen molar-refractivity contribution in [3.8, 4) is 17.2 Å². The van der Waals surface area contributed by atoms with Crippen molar-refractivity contribution in [1.82, 2.24) is 5.43 Å². The number of rotatable bonds is 11. The number of carbonyl (C=O) groups is 3. The third-order valence-corrected chi connectivity index (χ3v) is 5.97. The van der Waals surface area contributed by atoms with E-state index in [0.717, 1.165) is 5.56 Å². The van der Waals surface area contributed by atoms with Gasteiger partial charge in [-0.15, -0.1) is 0 Å². The Labute approximate surface area is 244 Å². The summed E-state index contributed by atoms with van der Waals surface area (Å²) in [6, 6.07) is 25.3. The molecule has 4 aromatic carbocycles. The molecule has 42 heavy (non-hydrogen) atoms. The molecular formula is C33H31N3O6. The van der Waals surface area contributed by atoms with Crippen LogP contribution < -0.4 is 25.0 Å². The minimum absolute atomic E-state index is 0.283. The maximum Gasteiger partial charge on any atom is 0.343 e. The van der Waals surface area contributed by atoms with Crippen LogP contribution in [-0.4, -0.2) is 37.2 Å². The maximum absolute atomic E-state index is 12.9. The number of hydrogen-bond acceptors (Lipinski definition) is 7. The molecule has 0 radical (unpaired) electrons. The van der Waals surface area contributed by atoms with E-state index in [1.54, 1.807) is 72.8 Å². The van der Waals surface area contributed by atoms with E-state index in [1.807, 2.05) is 32.9 Å². The molecule has 0 atom stereocenters. The van der Waals surface area contributed by atoms with Gasteiger partial charge in [-0.1, -0.05) is 35.9 Å². The molecule has 9 nitrogen and oxygen atoms in total. The second-order valence-electron chi connectivity index (χ2n) is 9.05. The number of esters is 1. The quantitative estimate of drug-likeness (QED) is 0.0994. The molecule has 0 aliphatic carbocycles. The molecule has 0 aliphatic heterocycles. The Morgan fingerprint density at radius 2 is 1.40 bits per heavy atom. The number of hydrazone groups is 1. The first kappa shape index (κ1) is 29.5. The number of benzene rings is 4. The summed E-state index contributed by atoms with van der Waals surface area (Å²) >= 11 is 0. The molecule has 214 valence electrons. The molecule has 0 saturated carbocycles. The highest BCUT2D eigenvalue weighted by Gasteiger charge is 2.14. The predicted octanol–water partition coefficient (Wildman–Crippen LogP) is 6.03. The molecule has 0 aliphatic rings.